The first kappa shape index (κ1) is 13.8. The predicted molar refractivity (Wildman–Crippen MR) is 72.9 cm³/mol. The van der Waals surface area contributed by atoms with Gasteiger partial charge in [-0.05, 0) is 56.2 Å². The fraction of sp³-hybridized carbons (Fsp3) is 0.562. The van der Waals surface area contributed by atoms with E-state index in [4.69, 9.17) is 5.26 Å². The molecule has 17 heavy (non-hydrogen) atoms. The highest BCUT2D eigenvalue weighted by Crippen LogP contribution is 2.16. The highest BCUT2D eigenvalue weighted by Gasteiger charge is 2.03. The Morgan fingerprint density at radius 1 is 1.29 bits per heavy atom. The lowest BCUT2D eigenvalue weighted by molar-refractivity contribution is 0.616. The summed E-state index contributed by atoms with van der Waals surface area (Å²) in [7, 11) is 0. The molecule has 0 aliphatic carbocycles. The van der Waals surface area contributed by atoms with Crippen LogP contribution >= 0.6 is 0 Å². The van der Waals surface area contributed by atoms with Gasteiger partial charge in [-0.25, -0.2) is 0 Å². The van der Waals surface area contributed by atoms with Gasteiger partial charge in [0.15, 0.2) is 0 Å². The fourth-order valence-corrected chi connectivity index (χ4v) is 2.15. The molecule has 0 radical (unpaired) electrons. The second-order valence-corrected chi connectivity index (χ2v) is 4.93. The first-order chi connectivity index (χ1) is 8.17. The van der Waals surface area contributed by atoms with E-state index < -0.39 is 0 Å². The number of aryl methyl sites for hydroxylation is 3. The molecule has 1 nitrogen and oxygen atoms in total. The number of hydrogen-bond donors (Lipinski definition) is 0. The van der Waals surface area contributed by atoms with Gasteiger partial charge in [-0.1, -0.05) is 31.5 Å². The molecule has 0 bridgehead atoms. The average molecular weight is 229 g/mol. The van der Waals surface area contributed by atoms with E-state index in [2.05, 4.69) is 38.1 Å². The molecular formula is C16H23N. The molecule has 0 aliphatic heterocycles. The molecule has 0 aliphatic rings. The van der Waals surface area contributed by atoms with E-state index in [1.807, 2.05) is 6.92 Å². The van der Waals surface area contributed by atoms with Crippen LogP contribution in [0.3, 0.4) is 0 Å². The zero-order chi connectivity index (χ0) is 12.7. The summed E-state index contributed by atoms with van der Waals surface area (Å²) < 4.78 is 0. The summed E-state index contributed by atoms with van der Waals surface area (Å²) in [6, 6.07) is 9.11. The van der Waals surface area contributed by atoms with Crippen molar-refractivity contribution in [2.45, 2.75) is 52.9 Å². The third kappa shape index (κ3) is 4.61. The van der Waals surface area contributed by atoms with Gasteiger partial charge in [0.25, 0.3) is 0 Å². The molecule has 0 aromatic heterocycles. The fourth-order valence-electron chi connectivity index (χ4n) is 2.15. The predicted octanol–water partition coefficient (Wildman–Crippen LogP) is 4.43. The van der Waals surface area contributed by atoms with Crippen molar-refractivity contribution in [3.8, 4) is 6.07 Å². The van der Waals surface area contributed by atoms with Gasteiger partial charge in [0, 0.05) is 5.92 Å². The van der Waals surface area contributed by atoms with E-state index in [0.717, 1.165) is 19.3 Å². The monoisotopic (exact) mass is 229 g/mol. The van der Waals surface area contributed by atoms with Gasteiger partial charge in [0.2, 0.25) is 0 Å². The molecule has 0 saturated heterocycles. The maximum absolute atomic E-state index is 8.73. The Hall–Kier alpha value is -1.29. The maximum Gasteiger partial charge on any atom is 0.0652 e. The molecule has 1 rings (SSSR count). The standard InChI is InChI=1S/C16H23N/c1-4-6-15-9-10-16(14(3)11-15)8-5-7-13(2)12-17/h9-11,13H,4-8H2,1-3H3. The number of benzene rings is 1. The molecule has 0 fully saturated rings. The normalized spacial score (nSPS) is 12.1. The van der Waals surface area contributed by atoms with Crippen LogP contribution in [-0.4, -0.2) is 0 Å². The topological polar surface area (TPSA) is 23.8 Å². The Labute approximate surface area is 105 Å². The van der Waals surface area contributed by atoms with Crippen molar-refractivity contribution in [1.82, 2.24) is 0 Å². The minimum atomic E-state index is 0.190. The SMILES string of the molecule is CCCc1ccc(CCCC(C)C#N)c(C)c1. The highest BCUT2D eigenvalue weighted by atomic mass is 14.3. The van der Waals surface area contributed by atoms with Gasteiger partial charge in [-0.2, -0.15) is 5.26 Å². The highest BCUT2D eigenvalue weighted by molar-refractivity contribution is 5.31. The average Bonchev–Trinajstić information content (AvgIpc) is 2.32. The van der Waals surface area contributed by atoms with Crippen molar-refractivity contribution in [1.29, 1.82) is 5.26 Å². The van der Waals surface area contributed by atoms with Crippen molar-refractivity contribution in [2.24, 2.45) is 5.92 Å². The van der Waals surface area contributed by atoms with Crippen LogP contribution in [0.2, 0.25) is 0 Å². The number of rotatable bonds is 6. The van der Waals surface area contributed by atoms with Crippen LogP contribution < -0.4 is 0 Å². The molecule has 1 unspecified atom stereocenters. The van der Waals surface area contributed by atoms with Crippen LogP contribution in [0.4, 0.5) is 0 Å². The van der Waals surface area contributed by atoms with E-state index in [1.54, 1.807) is 0 Å². The Morgan fingerprint density at radius 3 is 2.65 bits per heavy atom. The molecule has 0 saturated carbocycles. The molecule has 1 aromatic rings. The minimum Gasteiger partial charge on any atom is -0.198 e. The first-order valence-electron chi connectivity index (χ1n) is 6.65. The molecule has 1 aromatic carbocycles. The number of nitriles is 1. The van der Waals surface area contributed by atoms with E-state index >= 15 is 0 Å². The third-order valence-corrected chi connectivity index (χ3v) is 3.25. The Kier molecular flexibility index (Phi) is 5.77. The molecule has 0 N–H and O–H groups in total. The first-order valence-corrected chi connectivity index (χ1v) is 6.65. The van der Waals surface area contributed by atoms with E-state index in [0.29, 0.717) is 0 Å². The third-order valence-electron chi connectivity index (χ3n) is 3.25. The van der Waals surface area contributed by atoms with E-state index in [-0.39, 0.29) is 5.92 Å². The summed E-state index contributed by atoms with van der Waals surface area (Å²) in [5.74, 6) is 0.190. The Bertz CT molecular complexity index is 387. The number of hydrogen-bond acceptors (Lipinski definition) is 1. The van der Waals surface area contributed by atoms with Crippen LogP contribution in [0.1, 0.15) is 49.8 Å². The zero-order valence-corrected chi connectivity index (χ0v) is 11.3. The van der Waals surface area contributed by atoms with Gasteiger partial charge in [0.1, 0.15) is 0 Å². The van der Waals surface area contributed by atoms with Gasteiger partial charge < -0.3 is 0 Å². The number of nitrogens with zero attached hydrogens (tertiary/aromatic N) is 1. The van der Waals surface area contributed by atoms with E-state index in [9.17, 15) is 0 Å². The summed E-state index contributed by atoms with van der Waals surface area (Å²) in [5.41, 5.74) is 4.29. The second kappa shape index (κ2) is 7.12. The summed E-state index contributed by atoms with van der Waals surface area (Å²) in [6.45, 7) is 6.41. The molecule has 0 heterocycles. The Balaban J connectivity index is 2.52. The quantitative estimate of drug-likeness (QED) is 0.708. The Morgan fingerprint density at radius 2 is 2.06 bits per heavy atom. The van der Waals surface area contributed by atoms with Crippen LogP contribution in [-0.2, 0) is 12.8 Å². The minimum absolute atomic E-state index is 0.190. The summed E-state index contributed by atoms with van der Waals surface area (Å²) in [6.07, 6.45) is 5.60. The second-order valence-electron chi connectivity index (χ2n) is 4.93. The van der Waals surface area contributed by atoms with Gasteiger partial charge in [-0.15, -0.1) is 0 Å². The van der Waals surface area contributed by atoms with E-state index in [1.165, 1.54) is 29.5 Å². The van der Waals surface area contributed by atoms with Crippen LogP contribution in [0.15, 0.2) is 18.2 Å². The zero-order valence-electron chi connectivity index (χ0n) is 11.3. The van der Waals surface area contributed by atoms with Crippen LogP contribution in [0.5, 0.6) is 0 Å². The van der Waals surface area contributed by atoms with Crippen molar-refractivity contribution in [3.63, 3.8) is 0 Å². The molecule has 1 atom stereocenters. The smallest absolute Gasteiger partial charge is 0.0652 e. The summed E-state index contributed by atoms with van der Waals surface area (Å²) >= 11 is 0. The van der Waals surface area contributed by atoms with Crippen molar-refractivity contribution in [2.75, 3.05) is 0 Å². The molecule has 1 heteroatoms. The maximum atomic E-state index is 8.73. The van der Waals surface area contributed by atoms with Crippen molar-refractivity contribution in [3.05, 3.63) is 34.9 Å². The summed E-state index contributed by atoms with van der Waals surface area (Å²) in [4.78, 5) is 0. The van der Waals surface area contributed by atoms with Crippen molar-refractivity contribution >= 4 is 0 Å². The summed E-state index contributed by atoms with van der Waals surface area (Å²) in [5, 5.41) is 8.73. The lowest BCUT2D eigenvalue weighted by atomic mass is 9.97. The molecule has 92 valence electrons. The molecular weight excluding hydrogens is 206 g/mol. The van der Waals surface area contributed by atoms with Crippen LogP contribution in [0, 0.1) is 24.2 Å². The largest absolute Gasteiger partial charge is 0.198 e. The van der Waals surface area contributed by atoms with Gasteiger partial charge in [-0.3, -0.25) is 0 Å². The molecule has 0 amide bonds. The van der Waals surface area contributed by atoms with Crippen LogP contribution in [0.25, 0.3) is 0 Å². The van der Waals surface area contributed by atoms with Gasteiger partial charge >= 0.3 is 0 Å². The van der Waals surface area contributed by atoms with Crippen molar-refractivity contribution < 1.29 is 0 Å². The lowest BCUT2D eigenvalue weighted by Crippen LogP contribution is -1.96. The molecule has 0 spiro atoms. The lowest BCUT2D eigenvalue weighted by Gasteiger charge is -2.08. The van der Waals surface area contributed by atoms with Gasteiger partial charge in [0.05, 0.1) is 6.07 Å².